The molecule has 0 bridgehead atoms. The number of para-hydroxylation sites is 1. The maximum absolute atomic E-state index is 13.7. The number of rotatable bonds is 3. The van der Waals surface area contributed by atoms with Crippen LogP contribution in [0.4, 0.5) is 4.39 Å². The lowest BCUT2D eigenvalue weighted by Crippen LogP contribution is -2.50. The van der Waals surface area contributed by atoms with E-state index in [2.05, 4.69) is 15.2 Å². The van der Waals surface area contributed by atoms with Crippen LogP contribution in [-0.4, -0.2) is 65.4 Å². The molecule has 3 heterocycles. The first-order chi connectivity index (χ1) is 13.0. The Morgan fingerprint density at radius 2 is 2.00 bits per heavy atom. The molecule has 0 radical (unpaired) electrons. The summed E-state index contributed by atoms with van der Waals surface area (Å²) >= 11 is 0. The van der Waals surface area contributed by atoms with E-state index in [4.69, 9.17) is 0 Å². The highest BCUT2D eigenvalue weighted by atomic mass is 19.1. The fourth-order valence-electron chi connectivity index (χ4n) is 4.01. The van der Waals surface area contributed by atoms with Crippen LogP contribution in [0.1, 0.15) is 29.6 Å². The molecule has 27 heavy (non-hydrogen) atoms. The number of likely N-dealkylation sites (tertiary alicyclic amines) is 2. The number of hydrogen-bond donors (Lipinski definition) is 1. The number of fused-ring (bicyclic) bond motifs is 1. The van der Waals surface area contributed by atoms with E-state index >= 15 is 0 Å². The molecule has 142 valence electrons. The highest BCUT2D eigenvalue weighted by Gasteiger charge is 2.35. The summed E-state index contributed by atoms with van der Waals surface area (Å²) in [5.74, 6) is -0.380. The van der Waals surface area contributed by atoms with Gasteiger partial charge < -0.3 is 10.2 Å². The molecule has 6 nitrogen and oxygen atoms in total. The van der Waals surface area contributed by atoms with E-state index in [0.29, 0.717) is 10.9 Å². The van der Waals surface area contributed by atoms with Gasteiger partial charge in [0.25, 0.3) is 5.91 Å². The van der Waals surface area contributed by atoms with Crippen LogP contribution in [0.25, 0.3) is 10.9 Å². The Labute approximate surface area is 157 Å². The molecule has 7 heteroatoms. The van der Waals surface area contributed by atoms with Crippen molar-refractivity contribution >= 4 is 22.7 Å². The third-order valence-electron chi connectivity index (χ3n) is 5.63. The van der Waals surface area contributed by atoms with E-state index in [1.807, 2.05) is 7.05 Å². The molecule has 2 amide bonds. The predicted octanol–water partition coefficient (Wildman–Crippen LogP) is 1.80. The van der Waals surface area contributed by atoms with Crippen molar-refractivity contribution in [2.45, 2.75) is 31.3 Å². The molecule has 2 aliphatic rings. The van der Waals surface area contributed by atoms with Gasteiger partial charge in [0.05, 0.1) is 11.6 Å². The van der Waals surface area contributed by atoms with Crippen molar-refractivity contribution in [2.75, 3.05) is 26.7 Å². The average Bonchev–Trinajstić information content (AvgIpc) is 3.01. The Bertz CT molecular complexity index is 879. The first kappa shape index (κ1) is 17.9. The van der Waals surface area contributed by atoms with Crippen LogP contribution in [0, 0.1) is 5.82 Å². The van der Waals surface area contributed by atoms with Gasteiger partial charge in [-0.15, -0.1) is 0 Å². The van der Waals surface area contributed by atoms with Gasteiger partial charge in [0.15, 0.2) is 0 Å². The fourth-order valence-corrected chi connectivity index (χ4v) is 4.01. The van der Waals surface area contributed by atoms with Crippen molar-refractivity contribution in [3.8, 4) is 0 Å². The minimum atomic E-state index is -0.390. The molecule has 2 saturated heterocycles. The zero-order valence-corrected chi connectivity index (χ0v) is 15.3. The number of piperidine rings is 1. The zero-order valence-electron chi connectivity index (χ0n) is 15.3. The lowest BCUT2D eigenvalue weighted by Gasteiger charge is -2.35. The van der Waals surface area contributed by atoms with Crippen molar-refractivity contribution < 1.29 is 14.0 Å². The summed E-state index contributed by atoms with van der Waals surface area (Å²) in [4.78, 5) is 32.8. The third kappa shape index (κ3) is 3.51. The molecule has 0 aliphatic carbocycles. The highest BCUT2D eigenvalue weighted by Crippen LogP contribution is 2.21. The Morgan fingerprint density at radius 1 is 1.22 bits per heavy atom. The van der Waals surface area contributed by atoms with Crippen LogP contribution < -0.4 is 5.32 Å². The monoisotopic (exact) mass is 370 g/mol. The Balaban J connectivity index is 1.36. The van der Waals surface area contributed by atoms with Gasteiger partial charge in [-0.05, 0) is 31.4 Å². The van der Waals surface area contributed by atoms with Crippen molar-refractivity contribution in [1.82, 2.24) is 20.1 Å². The summed E-state index contributed by atoms with van der Waals surface area (Å²) in [5, 5.41) is 3.66. The number of carbonyl (C=O) groups excluding carboxylic acids is 2. The smallest absolute Gasteiger partial charge is 0.253 e. The minimum Gasteiger partial charge on any atom is -0.349 e. The first-order valence-corrected chi connectivity index (χ1v) is 9.37. The number of pyridine rings is 1. The van der Waals surface area contributed by atoms with E-state index in [0.717, 1.165) is 38.9 Å². The SMILES string of the molecule is CN1CCC(N2CCC(NC(=O)c3cnc4c(F)cccc4c3)CC2)C1=O. The molecule has 0 saturated carbocycles. The molecule has 2 aromatic rings. The van der Waals surface area contributed by atoms with E-state index in [1.165, 1.54) is 12.3 Å². The van der Waals surface area contributed by atoms with E-state index in [1.54, 1.807) is 23.1 Å². The standard InChI is InChI=1S/C20H23FN4O2/c1-24-8-7-17(20(24)27)25-9-5-15(6-10-25)23-19(26)14-11-13-3-2-4-16(21)18(13)22-12-14/h2-4,11-12,15,17H,5-10H2,1H3,(H,23,26). The molecule has 1 atom stereocenters. The number of nitrogens with zero attached hydrogens (tertiary/aromatic N) is 3. The second kappa shape index (κ2) is 7.23. The minimum absolute atomic E-state index is 0.00812. The topological polar surface area (TPSA) is 65.5 Å². The van der Waals surface area contributed by atoms with Crippen LogP contribution >= 0.6 is 0 Å². The van der Waals surface area contributed by atoms with E-state index < -0.39 is 0 Å². The van der Waals surface area contributed by atoms with E-state index in [-0.39, 0.29) is 35.2 Å². The molecule has 2 aliphatic heterocycles. The maximum Gasteiger partial charge on any atom is 0.253 e. The number of aromatic nitrogens is 1. The largest absolute Gasteiger partial charge is 0.349 e. The molecule has 4 rings (SSSR count). The van der Waals surface area contributed by atoms with Crippen molar-refractivity contribution in [3.63, 3.8) is 0 Å². The van der Waals surface area contributed by atoms with Gasteiger partial charge in [-0.2, -0.15) is 0 Å². The molecular formula is C20H23FN4O2. The lowest BCUT2D eigenvalue weighted by molar-refractivity contribution is -0.131. The van der Waals surface area contributed by atoms with Crippen molar-refractivity contribution in [2.24, 2.45) is 0 Å². The van der Waals surface area contributed by atoms with Gasteiger partial charge in [-0.1, -0.05) is 12.1 Å². The number of amides is 2. The molecule has 0 spiro atoms. The second-order valence-electron chi connectivity index (χ2n) is 7.38. The zero-order chi connectivity index (χ0) is 19.0. The molecular weight excluding hydrogens is 347 g/mol. The van der Waals surface area contributed by atoms with Crippen molar-refractivity contribution in [1.29, 1.82) is 0 Å². The number of nitrogens with one attached hydrogen (secondary N) is 1. The summed E-state index contributed by atoms with van der Waals surface area (Å²) < 4.78 is 13.7. The average molecular weight is 370 g/mol. The van der Waals surface area contributed by atoms with Gasteiger partial charge in [0, 0.05) is 44.3 Å². The number of likely N-dealkylation sites (N-methyl/N-ethyl adjacent to an activating group) is 1. The summed E-state index contributed by atoms with van der Waals surface area (Å²) in [6.07, 6.45) is 3.93. The first-order valence-electron chi connectivity index (χ1n) is 9.37. The second-order valence-corrected chi connectivity index (χ2v) is 7.38. The highest BCUT2D eigenvalue weighted by molar-refractivity contribution is 5.97. The maximum atomic E-state index is 13.7. The number of carbonyl (C=O) groups is 2. The number of hydrogen-bond acceptors (Lipinski definition) is 4. The molecule has 1 N–H and O–H groups in total. The van der Waals surface area contributed by atoms with Crippen LogP contribution in [0.2, 0.25) is 0 Å². The fraction of sp³-hybridized carbons (Fsp3) is 0.450. The Morgan fingerprint density at radius 3 is 2.70 bits per heavy atom. The van der Waals surface area contributed by atoms with Crippen molar-refractivity contribution in [3.05, 3.63) is 41.8 Å². The molecule has 1 aromatic heterocycles. The van der Waals surface area contributed by atoms with Gasteiger partial charge >= 0.3 is 0 Å². The van der Waals surface area contributed by atoms with Crippen LogP contribution in [0.15, 0.2) is 30.5 Å². The quantitative estimate of drug-likeness (QED) is 0.895. The molecule has 1 aromatic carbocycles. The number of benzene rings is 1. The summed E-state index contributed by atoms with van der Waals surface area (Å²) in [5.41, 5.74) is 0.705. The van der Waals surface area contributed by atoms with Gasteiger partial charge in [0.2, 0.25) is 5.91 Å². The van der Waals surface area contributed by atoms with Crippen LogP contribution in [0.5, 0.6) is 0 Å². The van der Waals surface area contributed by atoms with Gasteiger partial charge in [-0.3, -0.25) is 19.5 Å². The Kier molecular flexibility index (Phi) is 4.78. The van der Waals surface area contributed by atoms with Crippen LogP contribution in [-0.2, 0) is 4.79 Å². The third-order valence-corrected chi connectivity index (χ3v) is 5.63. The molecule has 1 unspecified atom stereocenters. The predicted molar refractivity (Wildman–Crippen MR) is 99.8 cm³/mol. The van der Waals surface area contributed by atoms with Gasteiger partial charge in [-0.25, -0.2) is 4.39 Å². The van der Waals surface area contributed by atoms with Crippen LogP contribution in [0.3, 0.4) is 0 Å². The lowest BCUT2D eigenvalue weighted by atomic mass is 10.0. The summed E-state index contributed by atoms with van der Waals surface area (Å²) in [6, 6.07) is 6.45. The molecule has 2 fully saturated rings. The number of halogens is 1. The summed E-state index contributed by atoms with van der Waals surface area (Å²) in [6.45, 7) is 2.42. The summed E-state index contributed by atoms with van der Waals surface area (Å²) in [7, 11) is 1.85. The normalized spacial score (nSPS) is 21.8. The van der Waals surface area contributed by atoms with Gasteiger partial charge in [0.1, 0.15) is 11.3 Å². The van der Waals surface area contributed by atoms with E-state index in [9.17, 15) is 14.0 Å². The Hall–Kier alpha value is -2.54.